The van der Waals surface area contributed by atoms with Crippen molar-refractivity contribution in [1.82, 2.24) is 0 Å². The summed E-state index contributed by atoms with van der Waals surface area (Å²) in [6.07, 6.45) is 0.589. The second kappa shape index (κ2) is 6.39. The third kappa shape index (κ3) is 3.56. The molecule has 4 heteroatoms. The predicted molar refractivity (Wildman–Crippen MR) is 66.3 cm³/mol. The molecule has 0 aliphatic carbocycles. The van der Waals surface area contributed by atoms with Crippen LogP contribution in [0, 0.1) is 11.8 Å². The molecule has 0 aliphatic heterocycles. The van der Waals surface area contributed by atoms with Crippen molar-refractivity contribution in [2.45, 2.75) is 6.42 Å². The minimum absolute atomic E-state index is 0.424. The molecule has 0 fully saturated rings. The molecule has 0 unspecified atom stereocenters. The van der Waals surface area contributed by atoms with Crippen LogP contribution < -0.4 is 4.90 Å². The first-order valence-corrected chi connectivity index (χ1v) is 5.02. The van der Waals surface area contributed by atoms with Gasteiger partial charge in [-0.05, 0) is 17.7 Å². The quantitative estimate of drug-likeness (QED) is 0.251. The van der Waals surface area contributed by atoms with Crippen LogP contribution in [0.4, 0.5) is 5.69 Å². The van der Waals surface area contributed by atoms with Crippen molar-refractivity contribution in [1.29, 1.82) is 0 Å². The summed E-state index contributed by atoms with van der Waals surface area (Å²) in [7, 11) is 3.97. The van der Waals surface area contributed by atoms with Gasteiger partial charge in [0.1, 0.15) is 0 Å². The van der Waals surface area contributed by atoms with Crippen LogP contribution in [0.1, 0.15) is 12.0 Å². The summed E-state index contributed by atoms with van der Waals surface area (Å²) in [5.41, 5.74) is 10.2. The van der Waals surface area contributed by atoms with E-state index in [2.05, 4.69) is 21.9 Å². The smallest absolute Gasteiger partial charge is 0.0520 e. The van der Waals surface area contributed by atoms with E-state index in [1.54, 1.807) is 0 Å². The highest BCUT2D eigenvalue weighted by Gasteiger charge is 1.99. The van der Waals surface area contributed by atoms with Crippen molar-refractivity contribution < 1.29 is 0 Å². The van der Waals surface area contributed by atoms with Gasteiger partial charge in [0.15, 0.2) is 0 Å². The first-order chi connectivity index (χ1) is 7.75. The molecule has 0 aliphatic rings. The molecule has 1 rings (SSSR count). The molecular weight excluding hydrogens is 200 g/mol. The molecule has 0 heterocycles. The largest absolute Gasteiger partial charge is 0.377 e. The number of azide groups is 1. The number of benzene rings is 1. The van der Waals surface area contributed by atoms with Crippen LogP contribution in [-0.2, 0) is 0 Å². The Morgan fingerprint density at radius 2 is 2.12 bits per heavy atom. The van der Waals surface area contributed by atoms with Gasteiger partial charge in [0.2, 0.25) is 0 Å². The molecule has 1 aromatic carbocycles. The first-order valence-electron chi connectivity index (χ1n) is 5.02. The number of hydrogen-bond acceptors (Lipinski definition) is 2. The highest BCUT2D eigenvalue weighted by atomic mass is 15.1. The minimum atomic E-state index is 0.424. The van der Waals surface area contributed by atoms with Crippen molar-refractivity contribution in [3.8, 4) is 11.8 Å². The Balaban J connectivity index is 2.76. The van der Waals surface area contributed by atoms with Gasteiger partial charge in [-0.2, -0.15) is 0 Å². The molecule has 1 aromatic rings. The zero-order chi connectivity index (χ0) is 11.8. The van der Waals surface area contributed by atoms with Gasteiger partial charge in [0, 0.05) is 37.5 Å². The molecule has 0 aromatic heterocycles. The van der Waals surface area contributed by atoms with E-state index in [0.717, 1.165) is 11.3 Å². The van der Waals surface area contributed by atoms with Gasteiger partial charge in [-0.25, -0.2) is 0 Å². The van der Waals surface area contributed by atoms with Crippen molar-refractivity contribution in [3.05, 3.63) is 40.3 Å². The van der Waals surface area contributed by atoms with Crippen LogP contribution in [0.2, 0.25) is 0 Å². The van der Waals surface area contributed by atoms with Gasteiger partial charge in [0.05, 0.1) is 5.69 Å². The topological polar surface area (TPSA) is 52.0 Å². The third-order valence-corrected chi connectivity index (χ3v) is 2.01. The van der Waals surface area contributed by atoms with Gasteiger partial charge in [-0.15, -0.1) is 0 Å². The standard InChI is InChI=1S/C12H14N4/c1-16(2)12-9-4-3-7-11(12)8-5-6-10-14-15-13/h3-4,7,9H,6,10H2,1-2H3. The van der Waals surface area contributed by atoms with Crippen molar-refractivity contribution in [3.63, 3.8) is 0 Å². The van der Waals surface area contributed by atoms with E-state index in [0.29, 0.717) is 13.0 Å². The molecule has 16 heavy (non-hydrogen) atoms. The van der Waals surface area contributed by atoms with Crippen molar-refractivity contribution in [2.24, 2.45) is 5.11 Å². The SMILES string of the molecule is CN(C)c1ccccc1C#CCCN=[N+]=[N-]. The Bertz CT molecular complexity index is 448. The summed E-state index contributed by atoms with van der Waals surface area (Å²) in [6.45, 7) is 0.424. The molecule has 0 spiro atoms. The number of para-hydroxylation sites is 1. The molecule has 0 N–H and O–H groups in total. The van der Waals surface area contributed by atoms with Crippen molar-refractivity contribution >= 4 is 5.69 Å². The van der Waals surface area contributed by atoms with E-state index in [4.69, 9.17) is 5.53 Å². The van der Waals surface area contributed by atoms with E-state index in [9.17, 15) is 0 Å². The van der Waals surface area contributed by atoms with Gasteiger partial charge in [0.25, 0.3) is 0 Å². The predicted octanol–water partition coefficient (Wildman–Crippen LogP) is 2.80. The first kappa shape index (κ1) is 12.0. The lowest BCUT2D eigenvalue weighted by Crippen LogP contribution is -2.09. The van der Waals surface area contributed by atoms with Crippen LogP contribution in [-0.4, -0.2) is 20.6 Å². The second-order valence-electron chi connectivity index (χ2n) is 3.42. The third-order valence-electron chi connectivity index (χ3n) is 2.01. The zero-order valence-electron chi connectivity index (χ0n) is 9.51. The normalized spacial score (nSPS) is 8.62. The zero-order valence-corrected chi connectivity index (χ0v) is 9.51. The Morgan fingerprint density at radius 3 is 2.81 bits per heavy atom. The Labute approximate surface area is 95.5 Å². The summed E-state index contributed by atoms with van der Waals surface area (Å²) >= 11 is 0. The Morgan fingerprint density at radius 1 is 1.38 bits per heavy atom. The molecule has 0 bridgehead atoms. The number of nitrogens with zero attached hydrogens (tertiary/aromatic N) is 4. The fourth-order valence-electron chi connectivity index (χ4n) is 1.28. The lowest BCUT2D eigenvalue weighted by molar-refractivity contribution is 1.01. The summed E-state index contributed by atoms with van der Waals surface area (Å²) in [6, 6.07) is 7.96. The summed E-state index contributed by atoms with van der Waals surface area (Å²) in [5.74, 6) is 6.07. The summed E-state index contributed by atoms with van der Waals surface area (Å²) in [4.78, 5) is 4.70. The number of rotatable bonds is 3. The monoisotopic (exact) mass is 214 g/mol. The molecule has 0 atom stereocenters. The van der Waals surface area contributed by atoms with Crippen molar-refractivity contribution in [2.75, 3.05) is 25.5 Å². The van der Waals surface area contributed by atoms with Crippen LogP contribution in [0.3, 0.4) is 0 Å². The lowest BCUT2D eigenvalue weighted by Gasteiger charge is -2.13. The van der Waals surface area contributed by atoms with Crippen LogP contribution in [0.5, 0.6) is 0 Å². The molecule has 4 nitrogen and oxygen atoms in total. The number of hydrogen-bond donors (Lipinski definition) is 0. The van der Waals surface area contributed by atoms with Gasteiger partial charge in [-0.1, -0.05) is 29.1 Å². The van der Waals surface area contributed by atoms with E-state index in [1.807, 2.05) is 43.3 Å². The van der Waals surface area contributed by atoms with Gasteiger partial charge >= 0.3 is 0 Å². The average molecular weight is 214 g/mol. The minimum Gasteiger partial charge on any atom is -0.377 e. The second-order valence-corrected chi connectivity index (χ2v) is 3.42. The average Bonchev–Trinajstić information content (AvgIpc) is 2.29. The molecular formula is C12H14N4. The number of anilines is 1. The summed E-state index contributed by atoms with van der Waals surface area (Å²) < 4.78 is 0. The van der Waals surface area contributed by atoms with E-state index < -0.39 is 0 Å². The Kier molecular flexibility index (Phi) is 4.78. The highest BCUT2D eigenvalue weighted by Crippen LogP contribution is 2.16. The van der Waals surface area contributed by atoms with Gasteiger partial charge < -0.3 is 4.90 Å². The molecule has 0 saturated carbocycles. The maximum Gasteiger partial charge on any atom is 0.0520 e. The molecule has 0 saturated heterocycles. The lowest BCUT2D eigenvalue weighted by atomic mass is 10.1. The summed E-state index contributed by atoms with van der Waals surface area (Å²) in [5, 5.41) is 3.43. The Hall–Kier alpha value is -2.11. The van der Waals surface area contributed by atoms with Crippen LogP contribution >= 0.6 is 0 Å². The highest BCUT2D eigenvalue weighted by molar-refractivity contribution is 5.59. The van der Waals surface area contributed by atoms with Crippen LogP contribution in [0.15, 0.2) is 29.4 Å². The fourth-order valence-corrected chi connectivity index (χ4v) is 1.28. The van der Waals surface area contributed by atoms with E-state index in [1.165, 1.54) is 0 Å². The van der Waals surface area contributed by atoms with Gasteiger partial charge in [-0.3, -0.25) is 0 Å². The molecule has 0 amide bonds. The van der Waals surface area contributed by atoms with E-state index >= 15 is 0 Å². The van der Waals surface area contributed by atoms with E-state index in [-0.39, 0.29) is 0 Å². The maximum atomic E-state index is 8.10. The molecule has 0 radical (unpaired) electrons. The van der Waals surface area contributed by atoms with Crippen LogP contribution in [0.25, 0.3) is 10.4 Å². The molecule has 82 valence electrons. The maximum absolute atomic E-state index is 8.10. The fraction of sp³-hybridized carbons (Fsp3) is 0.333.